The molecule has 0 unspecified atom stereocenters. The van der Waals surface area contributed by atoms with E-state index in [4.69, 9.17) is 0 Å². The molecule has 0 rings (SSSR count). The molecule has 0 aliphatic heterocycles. The maximum atomic E-state index is 10.1. The van der Waals surface area contributed by atoms with Crippen LogP contribution >= 0.6 is 0 Å². The Morgan fingerprint density at radius 2 is 1.85 bits per heavy atom. The zero-order valence-electron chi connectivity index (χ0n) is 8.76. The summed E-state index contributed by atoms with van der Waals surface area (Å²) in [6.07, 6.45) is 6.37. The van der Waals surface area contributed by atoms with E-state index < -0.39 is 0 Å². The Kier molecular flexibility index (Phi) is 5.86. The maximum Gasteiger partial charge on any atom is 0.120 e. The van der Waals surface area contributed by atoms with Crippen LogP contribution in [-0.2, 0) is 4.79 Å². The molecule has 0 aliphatic rings. The summed E-state index contributed by atoms with van der Waals surface area (Å²) in [5.41, 5.74) is 3.47. The summed E-state index contributed by atoms with van der Waals surface area (Å²) in [4.78, 5) is 10.1. The van der Waals surface area contributed by atoms with Gasteiger partial charge in [-0.15, -0.1) is 0 Å². The summed E-state index contributed by atoms with van der Waals surface area (Å²) in [7, 11) is 0. The van der Waals surface area contributed by atoms with Gasteiger partial charge in [0.05, 0.1) is 0 Å². The van der Waals surface area contributed by atoms with Crippen molar-refractivity contribution in [2.24, 2.45) is 0 Å². The third-order valence-corrected chi connectivity index (χ3v) is 1.79. The Morgan fingerprint density at radius 3 is 2.31 bits per heavy atom. The Bertz CT molecular complexity index is 240. The standard InChI is InChI=1S/C12H18O/c1-10(2)7-8-12(4)11(3)6-5-9-13/h7-9H,3,5-6H2,1-2,4H3/b12-8-. The summed E-state index contributed by atoms with van der Waals surface area (Å²) in [6.45, 7) is 10.0. The Morgan fingerprint density at radius 1 is 1.23 bits per heavy atom. The van der Waals surface area contributed by atoms with E-state index in [0.717, 1.165) is 23.9 Å². The molecule has 0 radical (unpaired) electrons. The van der Waals surface area contributed by atoms with Gasteiger partial charge in [-0.05, 0) is 32.8 Å². The molecule has 0 heterocycles. The van der Waals surface area contributed by atoms with Crippen LogP contribution in [0.1, 0.15) is 33.6 Å². The van der Waals surface area contributed by atoms with Gasteiger partial charge in [0.1, 0.15) is 6.29 Å². The predicted octanol–water partition coefficient (Wildman–Crippen LogP) is 3.43. The van der Waals surface area contributed by atoms with Gasteiger partial charge in [0.15, 0.2) is 0 Å². The zero-order valence-corrected chi connectivity index (χ0v) is 8.76. The van der Waals surface area contributed by atoms with Crippen LogP contribution in [0.25, 0.3) is 0 Å². The van der Waals surface area contributed by atoms with E-state index in [-0.39, 0.29) is 0 Å². The van der Waals surface area contributed by atoms with Gasteiger partial charge in [0, 0.05) is 6.42 Å². The van der Waals surface area contributed by atoms with E-state index in [1.165, 1.54) is 5.57 Å². The first kappa shape index (κ1) is 11.9. The van der Waals surface area contributed by atoms with E-state index in [0.29, 0.717) is 6.42 Å². The fourth-order valence-electron chi connectivity index (χ4n) is 0.840. The summed E-state index contributed by atoms with van der Waals surface area (Å²) in [6, 6.07) is 0. The highest BCUT2D eigenvalue weighted by molar-refractivity contribution is 5.50. The van der Waals surface area contributed by atoms with Crippen LogP contribution in [0.4, 0.5) is 0 Å². The smallest absolute Gasteiger partial charge is 0.120 e. The van der Waals surface area contributed by atoms with Crippen LogP contribution in [0.2, 0.25) is 0 Å². The minimum atomic E-state index is 0.568. The molecule has 0 fully saturated rings. The molecular weight excluding hydrogens is 160 g/mol. The molecule has 0 aromatic carbocycles. The van der Waals surface area contributed by atoms with Crippen molar-refractivity contribution in [1.82, 2.24) is 0 Å². The minimum absolute atomic E-state index is 0.568. The molecule has 0 aliphatic carbocycles. The number of hydrogen-bond donors (Lipinski definition) is 0. The predicted molar refractivity (Wildman–Crippen MR) is 57.6 cm³/mol. The van der Waals surface area contributed by atoms with Crippen molar-refractivity contribution >= 4 is 6.29 Å². The topological polar surface area (TPSA) is 17.1 Å². The van der Waals surface area contributed by atoms with Gasteiger partial charge in [-0.2, -0.15) is 0 Å². The molecule has 72 valence electrons. The number of aldehydes is 1. The van der Waals surface area contributed by atoms with Gasteiger partial charge in [-0.3, -0.25) is 0 Å². The van der Waals surface area contributed by atoms with Crippen molar-refractivity contribution < 1.29 is 4.79 Å². The lowest BCUT2D eigenvalue weighted by atomic mass is 10.0. The zero-order chi connectivity index (χ0) is 10.3. The van der Waals surface area contributed by atoms with E-state index in [9.17, 15) is 4.79 Å². The molecule has 0 N–H and O–H groups in total. The van der Waals surface area contributed by atoms with Crippen LogP contribution in [0, 0.1) is 0 Å². The van der Waals surface area contributed by atoms with Crippen molar-refractivity contribution in [2.75, 3.05) is 0 Å². The quantitative estimate of drug-likeness (QED) is 0.465. The first-order chi connectivity index (χ1) is 6.07. The summed E-state index contributed by atoms with van der Waals surface area (Å²) in [5.74, 6) is 0. The Labute approximate surface area is 80.8 Å². The van der Waals surface area contributed by atoms with Crippen molar-refractivity contribution in [3.05, 3.63) is 35.5 Å². The average molecular weight is 178 g/mol. The molecule has 0 saturated heterocycles. The van der Waals surface area contributed by atoms with E-state index >= 15 is 0 Å². The lowest BCUT2D eigenvalue weighted by Crippen LogP contribution is -1.85. The highest BCUT2D eigenvalue weighted by Gasteiger charge is 1.94. The monoisotopic (exact) mass is 178 g/mol. The first-order valence-electron chi connectivity index (χ1n) is 4.51. The third kappa shape index (κ3) is 6.09. The molecule has 0 aromatic heterocycles. The van der Waals surface area contributed by atoms with Crippen molar-refractivity contribution in [3.63, 3.8) is 0 Å². The van der Waals surface area contributed by atoms with Gasteiger partial charge in [-0.25, -0.2) is 0 Å². The minimum Gasteiger partial charge on any atom is -0.303 e. The first-order valence-corrected chi connectivity index (χ1v) is 4.51. The second-order valence-electron chi connectivity index (χ2n) is 3.40. The van der Waals surface area contributed by atoms with Crippen molar-refractivity contribution in [2.45, 2.75) is 33.6 Å². The molecular formula is C12H18O. The van der Waals surface area contributed by atoms with Crippen molar-refractivity contribution in [3.8, 4) is 0 Å². The van der Waals surface area contributed by atoms with Gasteiger partial charge >= 0.3 is 0 Å². The van der Waals surface area contributed by atoms with Crippen molar-refractivity contribution in [1.29, 1.82) is 0 Å². The second kappa shape index (κ2) is 6.41. The SMILES string of the molecule is C=C(CCC=O)/C(C)=C\C=C(C)C. The van der Waals surface area contributed by atoms with E-state index in [2.05, 4.69) is 26.5 Å². The summed E-state index contributed by atoms with van der Waals surface area (Å²) >= 11 is 0. The summed E-state index contributed by atoms with van der Waals surface area (Å²) in [5, 5.41) is 0. The number of carbonyl (C=O) groups is 1. The highest BCUT2D eigenvalue weighted by Crippen LogP contribution is 2.12. The second-order valence-corrected chi connectivity index (χ2v) is 3.40. The van der Waals surface area contributed by atoms with Crippen LogP contribution in [0.5, 0.6) is 0 Å². The summed E-state index contributed by atoms with van der Waals surface area (Å²) < 4.78 is 0. The maximum absolute atomic E-state index is 10.1. The normalized spacial score (nSPS) is 10.8. The Balaban J connectivity index is 4.16. The van der Waals surface area contributed by atoms with Gasteiger partial charge in [0.25, 0.3) is 0 Å². The molecule has 0 aromatic rings. The highest BCUT2D eigenvalue weighted by atomic mass is 16.1. The van der Waals surface area contributed by atoms with Crippen LogP contribution < -0.4 is 0 Å². The third-order valence-electron chi connectivity index (χ3n) is 1.79. The van der Waals surface area contributed by atoms with Gasteiger partial charge in [0.2, 0.25) is 0 Å². The lowest BCUT2D eigenvalue weighted by Gasteiger charge is -2.01. The van der Waals surface area contributed by atoms with Crippen LogP contribution in [0.3, 0.4) is 0 Å². The largest absolute Gasteiger partial charge is 0.303 e. The number of allylic oxidation sites excluding steroid dienone is 5. The lowest BCUT2D eigenvalue weighted by molar-refractivity contribution is -0.107. The molecule has 0 amide bonds. The van der Waals surface area contributed by atoms with Crippen LogP contribution in [0.15, 0.2) is 35.5 Å². The fourth-order valence-corrected chi connectivity index (χ4v) is 0.840. The molecule has 0 saturated carbocycles. The van der Waals surface area contributed by atoms with E-state index in [1.54, 1.807) is 0 Å². The fraction of sp³-hybridized carbons (Fsp3) is 0.417. The number of carbonyl (C=O) groups excluding carboxylic acids is 1. The molecule has 0 bridgehead atoms. The Hall–Kier alpha value is -1.11. The molecule has 13 heavy (non-hydrogen) atoms. The van der Waals surface area contributed by atoms with Gasteiger partial charge < -0.3 is 4.79 Å². The number of hydrogen-bond acceptors (Lipinski definition) is 1. The average Bonchev–Trinajstić information content (AvgIpc) is 2.10. The van der Waals surface area contributed by atoms with Gasteiger partial charge in [-0.1, -0.05) is 29.9 Å². The number of rotatable bonds is 5. The molecule has 1 heteroatoms. The molecule has 1 nitrogen and oxygen atoms in total. The van der Waals surface area contributed by atoms with Crippen LogP contribution in [-0.4, -0.2) is 6.29 Å². The molecule has 0 atom stereocenters. The van der Waals surface area contributed by atoms with E-state index in [1.807, 2.05) is 13.0 Å². The molecule has 0 spiro atoms.